The fraction of sp³-hybridized carbons (Fsp3) is 0.304. The zero-order valence-corrected chi connectivity index (χ0v) is 20.0. The first-order valence-corrected chi connectivity index (χ1v) is 13.0. The minimum absolute atomic E-state index is 0.0260. The Balaban J connectivity index is 1.66. The average Bonchev–Trinajstić information content (AvgIpc) is 3.20. The third kappa shape index (κ3) is 4.82. The zero-order valence-electron chi connectivity index (χ0n) is 19.1. The predicted molar refractivity (Wildman–Crippen MR) is 125 cm³/mol. The Morgan fingerprint density at radius 3 is 2.03 bits per heavy atom. The number of rotatable bonds is 6. The highest BCUT2D eigenvalue weighted by Crippen LogP contribution is 2.41. The van der Waals surface area contributed by atoms with Gasteiger partial charge in [-0.1, -0.05) is 0 Å². The summed E-state index contributed by atoms with van der Waals surface area (Å²) in [6.45, 7) is 3.79. The molecule has 1 aliphatic rings. The van der Waals surface area contributed by atoms with Crippen molar-refractivity contribution in [2.75, 3.05) is 37.8 Å². The molecule has 180 valence electrons. The van der Waals surface area contributed by atoms with Crippen LogP contribution in [0.5, 0.6) is 11.5 Å². The molecule has 0 saturated carbocycles. The predicted octanol–water partition coefficient (Wildman–Crippen LogP) is 5.02. The zero-order chi connectivity index (χ0) is 24.7. The summed E-state index contributed by atoms with van der Waals surface area (Å²) >= 11 is 0. The van der Waals surface area contributed by atoms with E-state index in [1.807, 2.05) is 0 Å². The Kier molecular flexibility index (Phi) is 6.20. The van der Waals surface area contributed by atoms with Gasteiger partial charge in [-0.25, -0.2) is 4.98 Å². The van der Waals surface area contributed by atoms with E-state index in [0.29, 0.717) is 22.5 Å². The molecule has 0 atom stereocenters. The maximum atomic E-state index is 13.8. The van der Waals surface area contributed by atoms with E-state index >= 15 is 0 Å². The molecule has 0 radical (unpaired) electrons. The summed E-state index contributed by atoms with van der Waals surface area (Å²) in [5.41, 5.74) is 1.32. The lowest BCUT2D eigenvalue weighted by atomic mass is 10.1. The Morgan fingerprint density at radius 1 is 1.00 bits per heavy atom. The van der Waals surface area contributed by atoms with Gasteiger partial charge in [0.05, 0.1) is 14.2 Å². The third-order valence-corrected chi connectivity index (χ3v) is 7.09. The highest BCUT2D eigenvalue weighted by Gasteiger charge is 2.38. The van der Waals surface area contributed by atoms with Crippen molar-refractivity contribution in [3.63, 3.8) is 0 Å². The first-order chi connectivity index (χ1) is 16.0. The Morgan fingerprint density at radius 2 is 1.56 bits per heavy atom. The van der Waals surface area contributed by atoms with Crippen molar-refractivity contribution in [3.8, 4) is 11.5 Å². The van der Waals surface area contributed by atoms with Crippen LogP contribution in [0.2, 0.25) is 0 Å². The number of hydrogen-bond acceptors (Lipinski definition) is 7. The van der Waals surface area contributed by atoms with Crippen LogP contribution in [0, 0.1) is 0 Å². The van der Waals surface area contributed by atoms with Gasteiger partial charge in [0, 0.05) is 30.3 Å². The number of nitrogens with one attached hydrogen (secondary N) is 1. The summed E-state index contributed by atoms with van der Waals surface area (Å²) in [4.78, 5) is 9.65. The number of ether oxygens (including phenoxy) is 2. The van der Waals surface area contributed by atoms with E-state index in [1.54, 1.807) is 54.6 Å². The van der Waals surface area contributed by atoms with Gasteiger partial charge >= 0.3 is 6.18 Å². The van der Waals surface area contributed by atoms with Crippen LogP contribution in [0.3, 0.4) is 0 Å². The van der Waals surface area contributed by atoms with E-state index in [0.717, 1.165) is 17.3 Å². The van der Waals surface area contributed by atoms with Crippen LogP contribution in [0.1, 0.15) is 16.7 Å². The fourth-order valence-electron chi connectivity index (χ4n) is 3.78. The second kappa shape index (κ2) is 8.83. The van der Waals surface area contributed by atoms with Crippen molar-refractivity contribution >= 4 is 29.9 Å². The average molecular weight is 492 g/mol. The van der Waals surface area contributed by atoms with Crippen LogP contribution in [-0.4, -0.2) is 37.5 Å². The molecule has 1 aliphatic heterocycles. The summed E-state index contributed by atoms with van der Waals surface area (Å²) < 4.78 is 64.2. The number of halogens is 3. The monoisotopic (exact) mass is 492 g/mol. The molecular weight excluding hydrogens is 468 g/mol. The van der Waals surface area contributed by atoms with Gasteiger partial charge < -0.3 is 24.3 Å². The van der Waals surface area contributed by atoms with Crippen LogP contribution in [0.15, 0.2) is 42.6 Å². The van der Waals surface area contributed by atoms with Crippen LogP contribution in [0.4, 0.5) is 30.6 Å². The molecule has 0 aliphatic carbocycles. The number of anilines is 3. The van der Waals surface area contributed by atoms with Gasteiger partial charge in [-0.3, -0.25) is 0 Å². The lowest BCUT2D eigenvalue weighted by Gasteiger charge is -2.22. The maximum absolute atomic E-state index is 13.8. The minimum Gasteiger partial charge on any atom is -0.493 e. The minimum atomic E-state index is -4.62. The van der Waals surface area contributed by atoms with Crippen molar-refractivity contribution in [1.82, 2.24) is 9.97 Å². The molecule has 4 rings (SSSR count). The maximum Gasteiger partial charge on any atom is 0.421 e. The van der Waals surface area contributed by atoms with Gasteiger partial charge in [-0.05, 0) is 60.9 Å². The molecule has 0 bridgehead atoms. The number of nitrogens with zero attached hydrogens (tertiary/aromatic N) is 3. The molecule has 3 aromatic rings. The highest BCUT2D eigenvalue weighted by molar-refractivity contribution is 7.70. The number of aromatic nitrogens is 2. The molecule has 7 nitrogen and oxygen atoms in total. The molecule has 0 spiro atoms. The van der Waals surface area contributed by atoms with Gasteiger partial charge in [0.15, 0.2) is 11.5 Å². The van der Waals surface area contributed by atoms with Crippen molar-refractivity contribution in [1.29, 1.82) is 0 Å². The van der Waals surface area contributed by atoms with Gasteiger partial charge in [0.25, 0.3) is 0 Å². The largest absolute Gasteiger partial charge is 0.493 e. The van der Waals surface area contributed by atoms with Gasteiger partial charge in [-0.15, -0.1) is 0 Å². The third-order valence-electron chi connectivity index (χ3n) is 5.55. The van der Waals surface area contributed by atoms with Crippen molar-refractivity contribution < 1.29 is 27.2 Å². The van der Waals surface area contributed by atoms with Crippen molar-refractivity contribution in [2.45, 2.75) is 19.3 Å². The molecule has 2 aromatic carbocycles. The van der Waals surface area contributed by atoms with E-state index in [9.17, 15) is 17.7 Å². The highest BCUT2D eigenvalue weighted by atomic mass is 31.2. The van der Waals surface area contributed by atoms with Gasteiger partial charge in [0.1, 0.15) is 18.5 Å². The second-order valence-corrected chi connectivity index (χ2v) is 11.5. The van der Waals surface area contributed by atoms with E-state index in [-0.39, 0.29) is 24.9 Å². The van der Waals surface area contributed by atoms with Crippen LogP contribution < -0.4 is 25.0 Å². The molecule has 0 unspecified atom stereocenters. The van der Waals surface area contributed by atoms with Crippen molar-refractivity contribution in [2.24, 2.45) is 0 Å². The molecule has 11 heteroatoms. The van der Waals surface area contributed by atoms with E-state index in [1.165, 1.54) is 14.2 Å². The van der Waals surface area contributed by atoms with E-state index < -0.39 is 18.9 Å². The SMILES string of the molecule is COc1cc2c(cc1OC)CN(c1nc(Nc3ccc(P(C)(C)=O)cc3)ncc1C(F)(F)F)C2. The van der Waals surface area contributed by atoms with E-state index in [4.69, 9.17) is 9.47 Å². The first-order valence-electron chi connectivity index (χ1n) is 10.3. The normalized spacial score (nSPS) is 13.6. The Bertz CT molecular complexity index is 1230. The summed E-state index contributed by atoms with van der Waals surface area (Å²) in [5, 5.41) is 3.64. The molecule has 2 heterocycles. The first kappa shape index (κ1) is 23.9. The number of hydrogen-bond donors (Lipinski definition) is 1. The molecule has 1 N–H and O–H groups in total. The van der Waals surface area contributed by atoms with Crippen LogP contribution in [-0.2, 0) is 23.8 Å². The fourth-order valence-corrected chi connectivity index (χ4v) is 4.65. The van der Waals surface area contributed by atoms with Gasteiger partial charge in [0.2, 0.25) is 5.95 Å². The topological polar surface area (TPSA) is 76.6 Å². The molecule has 1 aromatic heterocycles. The van der Waals surface area contributed by atoms with Crippen LogP contribution >= 0.6 is 7.14 Å². The number of fused-ring (bicyclic) bond motifs is 1. The summed E-state index contributed by atoms with van der Waals surface area (Å²) in [6, 6.07) is 10.4. The number of benzene rings is 2. The summed E-state index contributed by atoms with van der Waals surface area (Å²) in [7, 11) is 0.598. The Labute approximate surface area is 195 Å². The molecule has 0 fully saturated rings. The molecule has 34 heavy (non-hydrogen) atoms. The lowest BCUT2D eigenvalue weighted by molar-refractivity contribution is -0.137. The van der Waals surface area contributed by atoms with Crippen molar-refractivity contribution in [3.05, 3.63) is 59.3 Å². The summed E-state index contributed by atoms with van der Waals surface area (Å²) in [6.07, 6.45) is -3.83. The van der Waals surface area contributed by atoms with Gasteiger partial charge in [-0.2, -0.15) is 18.2 Å². The van der Waals surface area contributed by atoms with Crippen LogP contribution in [0.25, 0.3) is 0 Å². The standard InChI is InChI=1S/C23H24F3N4O3P/c1-32-19-9-14-12-30(13-15(14)10-20(19)33-2)21-18(23(24,25)26)11-27-22(29-21)28-16-5-7-17(8-6-16)34(3,4)31/h5-11H,12-13H2,1-4H3,(H,27,28,29). The Hall–Kier alpha value is -3.26. The number of methoxy groups -OCH3 is 2. The molecular formula is C23H24F3N4O3P. The molecule has 0 saturated heterocycles. The summed E-state index contributed by atoms with van der Waals surface area (Å²) in [5.74, 6) is 0.827. The van der Waals surface area contributed by atoms with E-state index in [2.05, 4.69) is 15.3 Å². The quantitative estimate of drug-likeness (QED) is 0.484. The lowest BCUT2D eigenvalue weighted by Crippen LogP contribution is -2.22. The molecule has 0 amide bonds. The smallest absolute Gasteiger partial charge is 0.421 e. The number of alkyl halides is 3. The second-order valence-electron chi connectivity index (χ2n) is 8.28.